The van der Waals surface area contributed by atoms with Gasteiger partial charge in [0.05, 0.1) is 5.69 Å². The highest BCUT2D eigenvalue weighted by molar-refractivity contribution is 5.77. The minimum Gasteiger partial charge on any atom is -0.382 e. The van der Waals surface area contributed by atoms with Crippen LogP contribution in [0.2, 0.25) is 0 Å². The van der Waals surface area contributed by atoms with E-state index in [0.29, 0.717) is 5.82 Å². The summed E-state index contributed by atoms with van der Waals surface area (Å²) in [6.45, 7) is 4.10. The van der Waals surface area contributed by atoms with Gasteiger partial charge in [-0.3, -0.25) is 0 Å². The molecule has 2 heterocycles. The first-order chi connectivity index (χ1) is 8.66. The number of aryl methyl sites for hydroxylation is 2. The first-order valence-electron chi connectivity index (χ1n) is 5.82. The van der Waals surface area contributed by atoms with E-state index in [4.69, 9.17) is 5.73 Å². The third kappa shape index (κ3) is 1.54. The summed E-state index contributed by atoms with van der Waals surface area (Å²) < 4.78 is 1.85. The average Bonchev–Trinajstić information content (AvgIpc) is 2.68. The zero-order valence-corrected chi connectivity index (χ0v) is 10.4. The minimum atomic E-state index is 0.515. The van der Waals surface area contributed by atoms with Crippen LogP contribution >= 0.6 is 0 Å². The van der Waals surface area contributed by atoms with Gasteiger partial charge in [-0.1, -0.05) is 23.8 Å². The van der Waals surface area contributed by atoms with Crippen LogP contribution in [0.1, 0.15) is 11.1 Å². The number of aromatic nitrogens is 3. The van der Waals surface area contributed by atoms with E-state index in [2.05, 4.69) is 41.3 Å². The molecule has 0 saturated heterocycles. The topological polar surface area (TPSA) is 56.2 Å². The third-order valence-corrected chi connectivity index (χ3v) is 3.09. The molecule has 0 amide bonds. The summed E-state index contributed by atoms with van der Waals surface area (Å²) >= 11 is 0. The van der Waals surface area contributed by atoms with Crippen LogP contribution in [0.5, 0.6) is 0 Å². The lowest BCUT2D eigenvalue weighted by molar-refractivity contribution is 0.913. The first kappa shape index (κ1) is 10.8. The van der Waals surface area contributed by atoms with Gasteiger partial charge in [0.2, 0.25) is 0 Å². The van der Waals surface area contributed by atoms with Crippen molar-refractivity contribution in [1.29, 1.82) is 0 Å². The van der Waals surface area contributed by atoms with Crippen molar-refractivity contribution in [2.24, 2.45) is 0 Å². The fraction of sp³-hybridized carbons (Fsp3) is 0.143. The van der Waals surface area contributed by atoms with Gasteiger partial charge < -0.3 is 5.73 Å². The summed E-state index contributed by atoms with van der Waals surface area (Å²) in [5.41, 5.74) is 11.3. The Hall–Kier alpha value is -2.36. The van der Waals surface area contributed by atoms with Gasteiger partial charge in [-0.25, -0.2) is 9.50 Å². The zero-order chi connectivity index (χ0) is 12.7. The van der Waals surface area contributed by atoms with Crippen molar-refractivity contribution in [2.45, 2.75) is 13.8 Å². The Morgan fingerprint density at radius 2 is 2.00 bits per heavy atom. The molecule has 18 heavy (non-hydrogen) atoms. The Bertz CT molecular complexity index is 728. The maximum atomic E-state index is 5.91. The molecule has 3 rings (SSSR count). The fourth-order valence-electron chi connectivity index (χ4n) is 2.26. The number of benzene rings is 1. The van der Waals surface area contributed by atoms with E-state index >= 15 is 0 Å². The van der Waals surface area contributed by atoms with Crippen LogP contribution in [0.3, 0.4) is 0 Å². The van der Waals surface area contributed by atoms with Crippen molar-refractivity contribution in [2.75, 3.05) is 5.73 Å². The van der Waals surface area contributed by atoms with Gasteiger partial charge in [-0.15, -0.1) is 0 Å². The standard InChI is InChI=1S/C14H14N4/c1-9-4-3-5-11(6-9)12-7-10(2)13-14(15)16-8-17-18(12)13/h3-8H,1-2H3,(H2,15,16,17). The van der Waals surface area contributed by atoms with Gasteiger partial charge in [0.1, 0.15) is 11.8 Å². The Labute approximate surface area is 105 Å². The molecule has 0 unspecified atom stereocenters. The summed E-state index contributed by atoms with van der Waals surface area (Å²) in [5.74, 6) is 0.515. The second-order valence-electron chi connectivity index (χ2n) is 4.49. The highest BCUT2D eigenvalue weighted by Crippen LogP contribution is 2.27. The van der Waals surface area contributed by atoms with Crippen molar-refractivity contribution in [3.63, 3.8) is 0 Å². The van der Waals surface area contributed by atoms with E-state index < -0.39 is 0 Å². The molecule has 2 aromatic heterocycles. The van der Waals surface area contributed by atoms with Crippen LogP contribution < -0.4 is 5.73 Å². The van der Waals surface area contributed by atoms with Crippen molar-refractivity contribution < 1.29 is 0 Å². The molecule has 0 saturated carbocycles. The summed E-state index contributed by atoms with van der Waals surface area (Å²) in [6, 6.07) is 10.4. The summed E-state index contributed by atoms with van der Waals surface area (Å²) in [4.78, 5) is 4.04. The highest BCUT2D eigenvalue weighted by atomic mass is 15.3. The molecule has 0 bridgehead atoms. The van der Waals surface area contributed by atoms with E-state index in [1.165, 1.54) is 11.9 Å². The molecule has 0 aliphatic carbocycles. The molecular formula is C14H14N4. The van der Waals surface area contributed by atoms with Crippen molar-refractivity contribution >= 4 is 11.3 Å². The van der Waals surface area contributed by atoms with Crippen molar-refractivity contribution in [3.05, 3.63) is 47.8 Å². The maximum Gasteiger partial charge on any atom is 0.151 e. The van der Waals surface area contributed by atoms with Crippen molar-refractivity contribution in [3.8, 4) is 11.3 Å². The van der Waals surface area contributed by atoms with Gasteiger partial charge in [-0.05, 0) is 31.5 Å². The van der Waals surface area contributed by atoms with Gasteiger partial charge in [0.15, 0.2) is 5.82 Å². The molecule has 90 valence electrons. The molecule has 3 aromatic rings. The molecule has 0 spiro atoms. The molecule has 4 nitrogen and oxygen atoms in total. The van der Waals surface area contributed by atoms with Gasteiger partial charge in [-0.2, -0.15) is 5.10 Å². The Morgan fingerprint density at radius 1 is 1.17 bits per heavy atom. The third-order valence-electron chi connectivity index (χ3n) is 3.09. The van der Waals surface area contributed by atoms with Crippen LogP contribution in [-0.4, -0.2) is 14.6 Å². The van der Waals surface area contributed by atoms with Gasteiger partial charge in [0.25, 0.3) is 0 Å². The Morgan fingerprint density at radius 3 is 2.78 bits per heavy atom. The number of rotatable bonds is 1. The van der Waals surface area contributed by atoms with Gasteiger partial charge >= 0.3 is 0 Å². The van der Waals surface area contributed by atoms with E-state index in [1.54, 1.807) is 0 Å². The largest absolute Gasteiger partial charge is 0.382 e. The molecule has 2 N–H and O–H groups in total. The SMILES string of the molecule is Cc1cccc(-c2cc(C)c3c(N)ncnn23)c1. The second-order valence-corrected chi connectivity index (χ2v) is 4.49. The normalized spacial score (nSPS) is 11.0. The number of nitrogens with two attached hydrogens (primary N) is 1. The lowest BCUT2D eigenvalue weighted by atomic mass is 10.1. The van der Waals surface area contributed by atoms with E-state index in [0.717, 1.165) is 22.3 Å². The summed E-state index contributed by atoms with van der Waals surface area (Å²) in [5, 5.41) is 4.29. The number of nitrogen functional groups attached to an aromatic ring is 1. The minimum absolute atomic E-state index is 0.515. The van der Waals surface area contributed by atoms with Crippen LogP contribution in [0.15, 0.2) is 36.7 Å². The summed E-state index contributed by atoms with van der Waals surface area (Å²) in [6.07, 6.45) is 1.49. The molecule has 0 atom stereocenters. The number of nitrogens with zero attached hydrogens (tertiary/aromatic N) is 3. The van der Waals surface area contributed by atoms with E-state index in [1.807, 2.05) is 17.5 Å². The van der Waals surface area contributed by atoms with Crippen LogP contribution in [0, 0.1) is 13.8 Å². The quantitative estimate of drug-likeness (QED) is 0.709. The molecule has 0 radical (unpaired) electrons. The number of hydrogen-bond acceptors (Lipinski definition) is 3. The van der Waals surface area contributed by atoms with E-state index in [9.17, 15) is 0 Å². The fourth-order valence-corrected chi connectivity index (χ4v) is 2.26. The first-order valence-corrected chi connectivity index (χ1v) is 5.82. The zero-order valence-electron chi connectivity index (χ0n) is 10.4. The second kappa shape index (κ2) is 3.84. The smallest absolute Gasteiger partial charge is 0.151 e. The van der Waals surface area contributed by atoms with Crippen LogP contribution in [-0.2, 0) is 0 Å². The predicted molar refractivity (Wildman–Crippen MR) is 72.3 cm³/mol. The molecule has 0 aliphatic heterocycles. The average molecular weight is 238 g/mol. The van der Waals surface area contributed by atoms with Crippen molar-refractivity contribution in [1.82, 2.24) is 14.6 Å². The molecule has 0 aliphatic rings. The lowest BCUT2D eigenvalue weighted by Crippen LogP contribution is -2.00. The number of anilines is 1. The maximum absolute atomic E-state index is 5.91. The van der Waals surface area contributed by atoms with Gasteiger partial charge in [0, 0.05) is 5.56 Å². The molecular weight excluding hydrogens is 224 g/mol. The molecule has 1 aromatic carbocycles. The molecule has 0 fully saturated rings. The van der Waals surface area contributed by atoms with Crippen LogP contribution in [0.25, 0.3) is 16.8 Å². The predicted octanol–water partition coefficient (Wildman–Crippen LogP) is 2.60. The monoisotopic (exact) mass is 238 g/mol. The Balaban J connectivity index is 2.34. The lowest BCUT2D eigenvalue weighted by Gasteiger charge is -2.03. The number of hydrogen-bond donors (Lipinski definition) is 1. The van der Waals surface area contributed by atoms with Crippen LogP contribution in [0.4, 0.5) is 5.82 Å². The highest BCUT2D eigenvalue weighted by Gasteiger charge is 2.11. The number of fused-ring (bicyclic) bond motifs is 1. The Kier molecular flexibility index (Phi) is 2.30. The molecule has 4 heteroatoms. The summed E-state index contributed by atoms with van der Waals surface area (Å²) in [7, 11) is 0. The van der Waals surface area contributed by atoms with E-state index in [-0.39, 0.29) is 0 Å².